The standard InChI is InChI=1S/C25H51BS/c1-8-10-11-12-13-16-19-22(24(4,5)6)25(7,26)23(27)20-17-14-15-18-21(3)9-2/h21-23,27H,8-20H2,1-7H3. The summed E-state index contributed by atoms with van der Waals surface area (Å²) in [5, 5.41) is 0.104. The van der Waals surface area contributed by atoms with Crippen LogP contribution in [-0.4, -0.2) is 13.1 Å². The molecule has 0 rings (SSSR count). The first-order valence-corrected chi connectivity index (χ1v) is 12.6. The molecule has 0 saturated heterocycles. The van der Waals surface area contributed by atoms with E-state index in [0.717, 1.165) is 12.3 Å². The number of thiol groups is 1. The summed E-state index contributed by atoms with van der Waals surface area (Å²) in [6.07, 6.45) is 17.2. The Balaban J connectivity index is 4.47. The van der Waals surface area contributed by atoms with Crippen LogP contribution in [0.4, 0.5) is 0 Å². The maximum absolute atomic E-state index is 6.96. The van der Waals surface area contributed by atoms with Gasteiger partial charge in [0.25, 0.3) is 0 Å². The molecule has 0 aliphatic heterocycles. The Morgan fingerprint density at radius 2 is 1.22 bits per heavy atom. The Bertz CT molecular complexity index is 345. The maximum atomic E-state index is 6.96. The van der Waals surface area contributed by atoms with Gasteiger partial charge in [-0.1, -0.05) is 131 Å². The Kier molecular flexibility index (Phi) is 14.6. The highest BCUT2D eigenvalue weighted by Gasteiger charge is 2.40. The number of hydrogen-bond acceptors (Lipinski definition) is 1. The van der Waals surface area contributed by atoms with Gasteiger partial charge in [-0.25, -0.2) is 0 Å². The van der Waals surface area contributed by atoms with Crippen molar-refractivity contribution in [3.05, 3.63) is 0 Å². The summed E-state index contributed by atoms with van der Waals surface area (Å²) in [4.78, 5) is 0. The lowest BCUT2D eigenvalue weighted by Gasteiger charge is -2.47. The Morgan fingerprint density at radius 3 is 1.78 bits per heavy atom. The highest BCUT2D eigenvalue weighted by molar-refractivity contribution is 7.81. The topological polar surface area (TPSA) is 0 Å². The molecule has 4 unspecified atom stereocenters. The second-order valence-corrected chi connectivity index (χ2v) is 11.1. The van der Waals surface area contributed by atoms with Crippen LogP contribution >= 0.6 is 12.6 Å². The monoisotopic (exact) mass is 394 g/mol. The molecule has 160 valence electrons. The fourth-order valence-corrected chi connectivity index (χ4v) is 4.92. The van der Waals surface area contributed by atoms with Gasteiger partial charge in [0, 0.05) is 0 Å². The van der Waals surface area contributed by atoms with Crippen LogP contribution in [0.1, 0.15) is 132 Å². The van der Waals surface area contributed by atoms with Crippen LogP contribution < -0.4 is 0 Å². The minimum Gasteiger partial charge on any atom is -0.176 e. The first-order valence-electron chi connectivity index (χ1n) is 12.0. The molecule has 0 nitrogen and oxygen atoms in total. The molecule has 0 fully saturated rings. The molecule has 0 aliphatic carbocycles. The van der Waals surface area contributed by atoms with Crippen molar-refractivity contribution in [1.82, 2.24) is 0 Å². The van der Waals surface area contributed by atoms with E-state index < -0.39 is 0 Å². The molecule has 0 aromatic carbocycles. The molecule has 2 heteroatoms. The Labute approximate surface area is 180 Å². The molecule has 27 heavy (non-hydrogen) atoms. The van der Waals surface area contributed by atoms with Crippen LogP contribution in [0, 0.1) is 17.3 Å². The van der Waals surface area contributed by atoms with Crippen molar-refractivity contribution in [1.29, 1.82) is 0 Å². The summed E-state index contributed by atoms with van der Waals surface area (Å²) in [5.41, 5.74) is 0.241. The predicted molar refractivity (Wildman–Crippen MR) is 130 cm³/mol. The lowest BCUT2D eigenvalue weighted by atomic mass is 9.51. The van der Waals surface area contributed by atoms with E-state index in [9.17, 15) is 0 Å². The third kappa shape index (κ3) is 11.9. The van der Waals surface area contributed by atoms with Crippen LogP contribution in [0.3, 0.4) is 0 Å². The zero-order valence-electron chi connectivity index (χ0n) is 19.9. The molecule has 0 aromatic heterocycles. The highest BCUT2D eigenvalue weighted by Crippen LogP contribution is 2.51. The van der Waals surface area contributed by atoms with E-state index in [0.29, 0.717) is 11.2 Å². The van der Waals surface area contributed by atoms with Gasteiger partial charge in [0.1, 0.15) is 0 Å². The SMILES string of the molecule is [B]C(C)(C(S)CCCCCC(C)CC)C(CCCCCCCC)C(C)(C)C. The molecule has 4 atom stereocenters. The van der Waals surface area contributed by atoms with Gasteiger partial charge >= 0.3 is 0 Å². The summed E-state index contributed by atoms with van der Waals surface area (Å²) in [6.45, 7) is 16.3. The second kappa shape index (κ2) is 14.4. The molecule has 0 heterocycles. The average Bonchev–Trinajstić information content (AvgIpc) is 2.58. The lowest BCUT2D eigenvalue weighted by Crippen LogP contribution is -2.38. The number of unbranched alkanes of at least 4 members (excludes halogenated alkanes) is 7. The van der Waals surface area contributed by atoms with Gasteiger partial charge in [-0.05, 0) is 28.9 Å². The van der Waals surface area contributed by atoms with E-state index in [1.54, 1.807) is 0 Å². The summed E-state index contributed by atoms with van der Waals surface area (Å²) in [7, 11) is 6.96. The minimum absolute atomic E-state index is 0.193. The maximum Gasteiger partial charge on any atom is 0.0761 e. The van der Waals surface area contributed by atoms with Gasteiger partial charge in [-0.3, -0.25) is 0 Å². The van der Waals surface area contributed by atoms with E-state index >= 15 is 0 Å². The number of hydrogen-bond donors (Lipinski definition) is 1. The summed E-state index contributed by atoms with van der Waals surface area (Å²) < 4.78 is 0. The van der Waals surface area contributed by atoms with Crippen molar-refractivity contribution in [3.63, 3.8) is 0 Å². The van der Waals surface area contributed by atoms with Crippen LogP contribution in [0.5, 0.6) is 0 Å². The molecule has 2 radical (unpaired) electrons. The molecule has 0 bridgehead atoms. The van der Waals surface area contributed by atoms with Crippen molar-refractivity contribution >= 4 is 20.5 Å². The van der Waals surface area contributed by atoms with Gasteiger partial charge in [0.05, 0.1) is 7.85 Å². The van der Waals surface area contributed by atoms with Crippen molar-refractivity contribution < 1.29 is 0 Å². The van der Waals surface area contributed by atoms with Crippen LogP contribution in [0.2, 0.25) is 5.31 Å². The van der Waals surface area contributed by atoms with Crippen molar-refractivity contribution in [2.24, 2.45) is 17.3 Å². The Hall–Kier alpha value is 0.415. The molecule has 0 aliphatic rings. The van der Waals surface area contributed by atoms with E-state index in [2.05, 4.69) is 48.5 Å². The van der Waals surface area contributed by atoms with E-state index in [1.165, 1.54) is 77.0 Å². The second-order valence-electron chi connectivity index (χ2n) is 10.5. The first kappa shape index (κ1) is 27.4. The zero-order valence-corrected chi connectivity index (χ0v) is 20.8. The van der Waals surface area contributed by atoms with Crippen LogP contribution in [0.25, 0.3) is 0 Å². The molecule has 0 spiro atoms. The molecule has 0 amide bonds. The smallest absolute Gasteiger partial charge is 0.0761 e. The summed E-state index contributed by atoms with van der Waals surface area (Å²) >= 11 is 5.01. The molecule has 0 saturated carbocycles. The predicted octanol–water partition coefficient (Wildman–Crippen LogP) is 9.04. The van der Waals surface area contributed by atoms with Crippen molar-refractivity contribution in [3.8, 4) is 0 Å². The van der Waals surface area contributed by atoms with Gasteiger partial charge in [-0.2, -0.15) is 12.6 Å². The fraction of sp³-hybridized carbons (Fsp3) is 1.00. The van der Waals surface area contributed by atoms with Crippen LogP contribution in [0.15, 0.2) is 0 Å². The van der Waals surface area contributed by atoms with Gasteiger partial charge < -0.3 is 0 Å². The van der Waals surface area contributed by atoms with Crippen molar-refractivity contribution in [2.45, 2.75) is 143 Å². The first-order chi connectivity index (χ1) is 12.6. The summed E-state index contributed by atoms with van der Waals surface area (Å²) in [6, 6.07) is 0. The normalized spacial score (nSPS) is 18.1. The largest absolute Gasteiger partial charge is 0.176 e. The van der Waals surface area contributed by atoms with E-state index in [4.69, 9.17) is 20.5 Å². The van der Waals surface area contributed by atoms with Gasteiger partial charge in [-0.15, -0.1) is 0 Å². The quantitative estimate of drug-likeness (QED) is 0.151. The third-order valence-corrected chi connectivity index (χ3v) is 7.55. The average molecular weight is 395 g/mol. The van der Waals surface area contributed by atoms with E-state index in [-0.39, 0.29) is 10.7 Å². The van der Waals surface area contributed by atoms with Gasteiger partial charge in [0.2, 0.25) is 0 Å². The Morgan fingerprint density at radius 1 is 0.741 bits per heavy atom. The zero-order chi connectivity index (χ0) is 20.9. The molecular formula is C25H51BS. The lowest BCUT2D eigenvalue weighted by molar-refractivity contribution is 0.158. The molecular weight excluding hydrogens is 343 g/mol. The van der Waals surface area contributed by atoms with Crippen LogP contribution in [-0.2, 0) is 0 Å². The third-order valence-electron chi connectivity index (χ3n) is 6.73. The van der Waals surface area contributed by atoms with Crippen molar-refractivity contribution in [2.75, 3.05) is 0 Å². The summed E-state index contributed by atoms with van der Waals surface area (Å²) in [5.74, 6) is 1.40. The minimum atomic E-state index is -0.193. The van der Waals surface area contributed by atoms with E-state index in [1.807, 2.05) is 0 Å². The fourth-order valence-electron chi connectivity index (χ4n) is 4.56. The molecule has 0 N–H and O–H groups in total. The number of rotatable bonds is 16. The highest BCUT2D eigenvalue weighted by atomic mass is 32.1. The molecule has 0 aromatic rings. The van der Waals surface area contributed by atoms with Gasteiger partial charge in [0.15, 0.2) is 0 Å².